The van der Waals surface area contributed by atoms with Gasteiger partial charge in [0.25, 0.3) is 0 Å². The Hall–Kier alpha value is -3.03. The monoisotopic (exact) mass is 749 g/mol. The Morgan fingerprint density at radius 3 is 2.10 bits per heavy atom. The summed E-state index contributed by atoms with van der Waals surface area (Å²) in [5, 5.41) is 7.09. The third-order valence-corrected chi connectivity index (χ3v) is 13.3. The van der Waals surface area contributed by atoms with E-state index >= 15 is 0 Å². The number of hydrogen-bond acceptors (Lipinski definition) is 8. The van der Waals surface area contributed by atoms with Gasteiger partial charge >= 0.3 is 0 Å². The first kappa shape index (κ1) is 45.1. The van der Waals surface area contributed by atoms with Gasteiger partial charge in [0.15, 0.2) is 9.84 Å². The lowest BCUT2D eigenvalue weighted by molar-refractivity contribution is -0.146. The number of methoxy groups -OCH3 is 1. The molecular formula is C39H67N5O7S. The van der Waals surface area contributed by atoms with Crippen LogP contribution < -0.4 is 16.0 Å². The molecular weight excluding hydrogens is 683 g/mol. The molecule has 2 rings (SSSR count). The maximum Gasteiger partial charge on any atom is 0.245 e. The molecule has 12 nitrogen and oxygen atoms in total. The van der Waals surface area contributed by atoms with Crippen molar-refractivity contribution in [2.75, 3.05) is 34.3 Å². The second-order valence-corrected chi connectivity index (χ2v) is 18.0. The van der Waals surface area contributed by atoms with E-state index < -0.39 is 50.6 Å². The Morgan fingerprint density at radius 1 is 0.962 bits per heavy atom. The molecule has 3 N–H and O–H groups in total. The first-order valence-corrected chi connectivity index (χ1v) is 20.6. The second kappa shape index (κ2) is 21.0. The van der Waals surface area contributed by atoms with E-state index in [2.05, 4.69) is 16.0 Å². The standard InChI is InChI=1S/C39H67N5O7S/c1-12-28(8)37(43(10)39(48)36(26(4)5)42-38(47)35(40-9)25(2)3)31(51-11)23-34(46)44-22-16-19-30(44)32(52(49,50)27(6)7)24-33(45)41-21-20-29-17-14-13-15-18-29/h13-15,17-18,25-28,30-32,35-37,40H,12,16,19-24H2,1-11H3,(H,41,45)(H,42,47). The molecule has 0 radical (unpaired) electrons. The number of amides is 4. The van der Waals surface area contributed by atoms with Crippen LogP contribution in [-0.4, -0.2) is 117 Å². The molecule has 0 saturated carbocycles. The van der Waals surface area contributed by atoms with Crippen LogP contribution >= 0.6 is 0 Å². The highest BCUT2D eigenvalue weighted by molar-refractivity contribution is 7.92. The van der Waals surface area contributed by atoms with Crippen LogP contribution in [0, 0.1) is 17.8 Å². The molecule has 0 aromatic heterocycles. The van der Waals surface area contributed by atoms with Crippen LogP contribution in [0.3, 0.4) is 0 Å². The van der Waals surface area contributed by atoms with E-state index in [1.54, 1.807) is 37.7 Å². The van der Waals surface area contributed by atoms with Gasteiger partial charge in [-0.1, -0.05) is 78.3 Å². The average molecular weight is 750 g/mol. The fourth-order valence-electron chi connectivity index (χ4n) is 7.32. The number of nitrogens with one attached hydrogen (secondary N) is 3. The molecule has 1 saturated heterocycles. The Morgan fingerprint density at radius 2 is 1.58 bits per heavy atom. The number of carbonyl (C=O) groups excluding carboxylic acids is 4. The zero-order valence-electron chi connectivity index (χ0n) is 33.5. The summed E-state index contributed by atoms with van der Waals surface area (Å²) in [5.74, 6) is -1.43. The third-order valence-electron chi connectivity index (χ3n) is 10.7. The van der Waals surface area contributed by atoms with Crippen LogP contribution in [0.1, 0.15) is 93.1 Å². The molecule has 7 unspecified atom stereocenters. The van der Waals surface area contributed by atoms with Crippen LogP contribution in [0.15, 0.2) is 30.3 Å². The summed E-state index contributed by atoms with van der Waals surface area (Å²) in [6.07, 6.45) is 1.37. The Bertz CT molecular complexity index is 1400. The summed E-state index contributed by atoms with van der Waals surface area (Å²) in [6, 6.07) is 7.29. The van der Waals surface area contributed by atoms with Crippen LogP contribution in [-0.2, 0) is 40.2 Å². The van der Waals surface area contributed by atoms with E-state index in [0.29, 0.717) is 38.8 Å². The van der Waals surface area contributed by atoms with Gasteiger partial charge in [-0.2, -0.15) is 0 Å². The highest BCUT2D eigenvalue weighted by Crippen LogP contribution is 2.31. The third kappa shape index (κ3) is 12.0. The minimum atomic E-state index is -3.77. The number of nitrogens with zero attached hydrogens (tertiary/aromatic N) is 2. The van der Waals surface area contributed by atoms with Crippen molar-refractivity contribution in [3.8, 4) is 0 Å². The fraction of sp³-hybridized carbons (Fsp3) is 0.744. The number of likely N-dealkylation sites (N-methyl/N-ethyl adjacent to an activating group) is 2. The maximum absolute atomic E-state index is 14.2. The molecule has 296 valence electrons. The summed E-state index contributed by atoms with van der Waals surface area (Å²) in [4.78, 5) is 57.9. The number of likely N-dealkylation sites (tertiary alicyclic amines) is 1. The second-order valence-electron chi connectivity index (χ2n) is 15.3. The smallest absolute Gasteiger partial charge is 0.245 e. The molecule has 0 spiro atoms. The zero-order valence-corrected chi connectivity index (χ0v) is 34.3. The summed E-state index contributed by atoms with van der Waals surface area (Å²) >= 11 is 0. The van der Waals surface area contributed by atoms with Gasteiger partial charge in [0.05, 0.1) is 35.1 Å². The number of sulfone groups is 1. The molecule has 4 amide bonds. The van der Waals surface area contributed by atoms with Gasteiger partial charge in [-0.15, -0.1) is 0 Å². The van der Waals surface area contributed by atoms with E-state index in [-0.39, 0.29) is 54.2 Å². The molecule has 1 heterocycles. The highest BCUT2D eigenvalue weighted by atomic mass is 32.2. The van der Waals surface area contributed by atoms with Gasteiger partial charge in [0, 0.05) is 39.7 Å². The normalized spacial score (nSPS) is 18.5. The predicted molar refractivity (Wildman–Crippen MR) is 206 cm³/mol. The van der Waals surface area contributed by atoms with Crippen molar-refractivity contribution < 1.29 is 32.3 Å². The van der Waals surface area contributed by atoms with Gasteiger partial charge in [0.1, 0.15) is 6.04 Å². The minimum Gasteiger partial charge on any atom is -0.379 e. The molecule has 1 aliphatic heterocycles. The van der Waals surface area contributed by atoms with Crippen molar-refractivity contribution in [2.45, 2.75) is 135 Å². The lowest BCUT2D eigenvalue weighted by Gasteiger charge is -2.41. The predicted octanol–water partition coefficient (Wildman–Crippen LogP) is 3.58. The van der Waals surface area contributed by atoms with Crippen molar-refractivity contribution in [1.82, 2.24) is 25.8 Å². The van der Waals surface area contributed by atoms with E-state index in [0.717, 1.165) is 5.56 Å². The summed E-state index contributed by atoms with van der Waals surface area (Å²) < 4.78 is 33.5. The summed E-state index contributed by atoms with van der Waals surface area (Å²) in [5.41, 5.74) is 1.07. The summed E-state index contributed by atoms with van der Waals surface area (Å²) in [6.45, 7) is 15.6. The molecule has 7 atom stereocenters. The van der Waals surface area contributed by atoms with Crippen LogP contribution in [0.4, 0.5) is 0 Å². The lowest BCUT2D eigenvalue weighted by Crippen LogP contribution is -2.59. The van der Waals surface area contributed by atoms with Crippen molar-refractivity contribution in [3.63, 3.8) is 0 Å². The van der Waals surface area contributed by atoms with Crippen molar-refractivity contribution in [1.29, 1.82) is 0 Å². The molecule has 1 fully saturated rings. The van der Waals surface area contributed by atoms with E-state index in [9.17, 15) is 27.6 Å². The molecule has 0 aliphatic carbocycles. The minimum absolute atomic E-state index is 0.0148. The number of benzene rings is 1. The van der Waals surface area contributed by atoms with Crippen LogP contribution in [0.2, 0.25) is 0 Å². The number of carbonyl (C=O) groups is 4. The van der Waals surface area contributed by atoms with Crippen molar-refractivity contribution >= 4 is 33.5 Å². The number of hydrogen-bond donors (Lipinski definition) is 3. The fourth-order valence-corrected chi connectivity index (χ4v) is 9.12. The molecule has 1 aromatic carbocycles. The van der Waals surface area contributed by atoms with Gasteiger partial charge in [-0.25, -0.2) is 8.42 Å². The van der Waals surface area contributed by atoms with Crippen molar-refractivity contribution in [2.24, 2.45) is 17.8 Å². The van der Waals surface area contributed by atoms with Gasteiger partial charge < -0.3 is 30.5 Å². The molecule has 1 aliphatic rings. The van der Waals surface area contributed by atoms with Crippen molar-refractivity contribution in [3.05, 3.63) is 35.9 Å². The Labute approximate surface area is 313 Å². The summed E-state index contributed by atoms with van der Waals surface area (Å²) in [7, 11) is 1.15. The maximum atomic E-state index is 14.2. The molecule has 13 heteroatoms. The van der Waals surface area contributed by atoms with E-state index in [1.807, 2.05) is 71.9 Å². The van der Waals surface area contributed by atoms with Crippen LogP contribution in [0.5, 0.6) is 0 Å². The Kier molecular flexibility index (Phi) is 18.2. The van der Waals surface area contributed by atoms with Gasteiger partial charge in [-0.3, -0.25) is 19.2 Å². The number of ether oxygens (including phenoxy) is 1. The van der Waals surface area contributed by atoms with Crippen LogP contribution in [0.25, 0.3) is 0 Å². The first-order valence-electron chi connectivity index (χ1n) is 19.0. The lowest BCUT2D eigenvalue weighted by atomic mass is 9.89. The van der Waals surface area contributed by atoms with Gasteiger partial charge in [-0.05, 0) is 63.5 Å². The highest BCUT2D eigenvalue weighted by Gasteiger charge is 2.45. The molecule has 1 aromatic rings. The topological polar surface area (TPSA) is 154 Å². The molecule has 0 bridgehead atoms. The average Bonchev–Trinajstić information content (AvgIpc) is 3.58. The molecule has 52 heavy (non-hydrogen) atoms. The van der Waals surface area contributed by atoms with E-state index in [1.165, 1.54) is 7.11 Å². The number of rotatable bonds is 21. The van der Waals surface area contributed by atoms with Gasteiger partial charge in [0.2, 0.25) is 23.6 Å². The first-order chi connectivity index (χ1) is 24.4. The SMILES string of the molecule is CCC(C)C(C(CC(=O)N1CCCC1C(CC(=O)NCCc1ccccc1)S(=O)(=O)C(C)C)OC)N(C)C(=O)C(NC(=O)C(NC)C(C)C)C(C)C. The quantitative estimate of drug-likeness (QED) is 0.173. The zero-order chi connectivity index (χ0) is 39.3. The van der Waals surface area contributed by atoms with E-state index in [4.69, 9.17) is 4.74 Å². The Balaban J connectivity index is 2.31. The largest absolute Gasteiger partial charge is 0.379 e.